The van der Waals surface area contributed by atoms with E-state index in [-0.39, 0.29) is 26.8 Å². The van der Waals surface area contributed by atoms with E-state index < -0.39 is 9.84 Å². The van der Waals surface area contributed by atoms with Crippen molar-refractivity contribution in [3.8, 4) is 0 Å². The molecule has 0 atom stereocenters. The quantitative estimate of drug-likeness (QED) is 0.381. The van der Waals surface area contributed by atoms with Crippen LogP contribution in [0.15, 0.2) is 81.6 Å². The normalized spacial score (nSPS) is 12.2. The van der Waals surface area contributed by atoms with E-state index in [1.165, 1.54) is 4.68 Å². The van der Waals surface area contributed by atoms with E-state index in [2.05, 4.69) is 15.1 Å². The number of anilines is 1. The molecule has 170 valence electrons. The number of aryl methyl sites for hydroxylation is 3. The molecule has 2 aromatic heterocycles. The highest BCUT2D eigenvalue weighted by molar-refractivity contribution is 7.92. The molecular formula is C26H23N5O2S. The standard InChI is InChI=1S/C26H23N5O2S/c1-16-7-6-8-19(13-16)15-28-31-25(27)24(34(32,33)22-14-17(2)11-12-18(22)3)23-26(31)30-21-10-5-4-9-20(21)29-23/h4-15H,27H2,1-3H3. The molecule has 34 heavy (non-hydrogen) atoms. The van der Waals surface area contributed by atoms with E-state index in [4.69, 9.17) is 5.73 Å². The molecule has 0 amide bonds. The molecule has 8 heteroatoms. The van der Waals surface area contributed by atoms with Crippen LogP contribution in [0, 0.1) is 20.8 Å². The van der Waals surface area contributed by atoms with Crippen molar-refractivity contribution in [1.82, 2.24) is 14.6 Å². The Labute approximate surface area is 197 Å². The Kier molecular flexibility index (Phi) is 5.17. The van der Waals surface area contributed by atoms with Gasteiger partial charge in [-0.2, -0.15) is 9.78 Å². The largest absolute Gasteiger partial charge is 0.382 e. The number of rotatable bonds is 4. The summed E-state index contributed by atoms with van der Waals surface area (Å²) in [5, 5.41) is 4.52. The molecule has 0 aliphatic heterocycles. The summed E-state index contributed by atoms with van der Waals surface area (Å²) in [6, 6.07) is 20.4. The summed E-state index contributed by atoms with van der Waals surface area (Å²) >= 11 is 0. The fourth-order valence-corrected chi connectivity index (χ4v) is 5.79. The first-order valence-corrected chi connectivity index (χ1v) is 12.2. The second kappa shape index (κ2) is 8.07. The van der Waals surface area contributed by atoms with E-state index in [1.54, 1.807) is 31.3 Å². The lowest BCUT2D eigenvalue weighted by Gasteiger charge is -2.09. The van der Waals surface area contributed by atoms with Gasteiger partial charge in [0.05, 0.1) is 22.1 Å². The van der Waals surface area contributed by atoms with Crippen molar-refractivity contribution >= 4 is 44.1 Å². The van der Waals surface area contributed by atoms with E-state index in [0.717, 1.165) is 16.7 Å². The highest BCUT2D eigenvalue weighted by Gasteiger charge is 2.31. The van der Waals surface area contributed by atoms with Crippen LogP contribution in [0.1, 0.15) is 22.3 Å². The molecule has 0 bridgehead atoms. The SMILES string of the molecule is Cc1cccc(C=Nn2c(N)c(S(=O)(=O)c3cc(C)ccc3C)c3nc4ccccc4nc32)c1. The first-order valence-electron chi connectivity index (χ1n) is 10.8. The predicted octanol–water partition coefficient (Wildman–Crippen LogP) is 4.81. The second-order valence-electron chi connectivity index (χ2n) is 8.34. The van der Waals surface area contributed by atoms with E-state index in [0.29, 0.717) is 16.6 Å². The minimum absolute atomic E-state index is 0.0323. The Morgan fingerprint density at radius 1 is 0.882 bits per heavy atom. The Hall–Kier alpha value is -4.04. The van der Waals surface area contributed by atoms with Crippen LogP contribution >= 0.6 is 0 Å². The van der Waals surface area contributed by atoms with Gasteiger partial charge in [-0.15, -0.1) is 0 Å². The van der Waals surface area contributed by atoms with Crippen molar-refractivity contribution in [2.24, 2.45) is 5.10 Å². The predicted molar refractivity (Wildman–Crippen MR) is 135 cm³/mol. The average Bonchev–Trinajstić information content (AvgIpc) is 3.08. The Morgan fingerprint density at radius 2 is 1.59 bits per heavy atom. The van der Waals surface area contributed by atoms with Crippen molar-refractivity contribution in [3.63, 3.8) is 0 Å². The zero-order valence-electron chi connectivity index (χ0n) is 19.0. The maximum absolute atomic E-state index is 13.9. The number of nitrogens with two attached hydrogens (primary N) is 1. The van der Waals surface area contributed by atoms with Crippen LogP contribution in [0.25, 0.3) is 22.2 Å². The van der Waals surface area contributed by atoms with Crippen LogP contribution in [0.5, 0.6) is 0 Å². The molecule has 7 nitrogen and oxygen atoms in total. The zero-order valence-corrected chi connectivity index (χ0v) is 19.8. The topological polar surface area (TPSA) is 103 Å². The van der Waals surface area contributed by atoms with Crippen molar-refractivity contribution in [2.45, 2.75) is 30.6 Å². The van der Waals surface area contributed by atoms with Gasteiger partial charge in [0.1, 0.15) is 16.2 Å². The summed E-state index contributed by atoms with van der Waals surface area (Å²) in [6.45, 7) is 5.60. The molecule has 0 saturated carbocycles. The number of fused-ring (bicyclic) bond motifs is 2. The average molecular weight is 470 g/mol. The number of aromatic nitrogens is 3. The lowest BCUT2D eigenvalue weighted by atomic mass is 10.2. The zero-order chi connectivity index (χ0) is 24.0. The molecule has 0 aliphatic carbocycles. The van der Waals surface area contributed by atoms with Gasteiger partial charge < -0.3 is 5.73 Å². The van der Waals surface area contributed by atoms with Gasteiger partial charge in [0.15, 0.2) is 5.65 Å². The molecule has 0 fully saturated rings. The van der Waals surface area contributed by atoms with Gasteiger partial charge in [0, 0.05) is 0 Å². The molecule has 0 unspecified atom stereocenters. The summed E-state index contributed by atoms with van der Waals surface area (Å²) in [6.07, 6.45) is 1.63. The molecule has 5 rings (SSSR count). The monoisotopic (exact) mass is 469 g/mol. The van der Waals surface area contributed by atoms with Gasteiger partial charge in [-0.25, -0.2) is 18.4 Å². The number of para-hydroxylation sites is 2. The third kappa shape index (κ3) is 3.62. The molecule has 2 heterocycles. The van der Waals surface area contributed by atoms with Gasteiger partial charge in [-0.1, -0.05) is 54.1 Å². The maximum Gasteiger partial charge on any atom is 0.212 e. The van der Waals surface area contributed by atoms with E-state index in [1.807, 2.05) is 62.4 Å². The van der Waals surface area contributed by atoms with Crippen LogP contribution < -0.4 is 5.73 Å². The van der Waals surface area contributed by atoms with Gasteiger partial charge in [0.2, 0.25) is 9.84 Å². The van der Waals surface area contributed by atoms with Gasteiger partial charge in [-0.05, 0) is 55.7 Å². The third-order valence-corrected chi connectivity index (χ3v) is 7.65. The fourth-order valence-electron chi connectivity index (χ4n) is 3.99. The molecule has 0 spiro atoms. The number of sulfone groups is 1. The highest BCUT2D eigenvalue weighted by Crippen LogP contribution is 2.36. The Morgan fingerprint density at radius 3 is 2.32 bits per heavy atom. The lowest BCUT2D eigenvalue weighted by molar-refractivity contribution is 0.596. The highest BCUT2D eigenvalue weighted by atomic mass is 32.2. The summed E-state index contributed by atoms with van der Waals surface area (Å²) in [5.74, 6) is -0.0323. The van der Waals surface area contributed by atoms with Crippen molar-refractivity contribution in [2.75, 3.05) is 5.73 Å². The molecule has 0 aliphatic rings. The molecule has 2 N–H and O–H groups in total. The van der Waals surface area contributed by atoms with Crippen LogP contribution in [0.3, 0.4) is 0 Å². The third-order valence-electron chi connectivity index (χ3n) is 5.69. The van der Waals surface area contributed by atoms with Crippen molar-refractivity contribution in [3.05, 3.63) is 89.0 Å². The number of hydrogen-bond donors (Lipinski definition) is 1. The van der Waals surface area contributed by atoms with E-state index >= 15 is 0 Å². The minimum Gasteiger partial charge on any atom is -0.382 e. The number of nitrogens with zero attached hydrogens (tertiary/aromatic N) is 4. The summed E-state index contributed by atoms with van der Waals surface area (Å²) in [4.78, 5) is 9.44. The van der Waals surface area contributed by atoms with E-state index in [9.17, 15) is 8.42 Å². The van der Waals surface area contributed by atoms with Crippen LogP contribution in [-0.4, -0.2) is 29.3 Å². The first-order chi connectivity index (χ1) is 16.3. The van der Waals surface area contributed by atoms with Gasteiger partial charge in [-0.3, -0.25) is 0 Å². The van der Waals surface area contributed by atoms with Crippen LogP contribution in [-0.2, 0) is 9.84 Å². The number of nitrogen functional groups attached to an aromatic ring is 1. The summed E-state index contributed by atoms with van der Waals surface area (Å²) < 4.78 is 29.2. The summed E-state index contributed by atoms with van der Waals surface area (Å²) in [5.41, 5.74) is 11.5. The molecule has 0 radical (unpaired) electrons. The number of benzene rings is 3. The molecule has 3 aromatic carbocycles. The number of hydrogen-bond acceptors (Lipinski definition) is 6. The smallest absolute Gasteiger partial charge is 0.212 e. The molecule has 0 saturated heterocycles. The van der Waals surface area contributed by atoms with Gasteiger partial charge >= 0.3 is 0 Å². The maximum atomic E-state index is 13.9. The second-order valence-corrected chi connectivity index (χ2v) is 10.2. The lowest BCUT2D eigenvalue weighted by Crippen LogP contribution is -2.08. The van der Waals surface area contributed by atoms with Crippen LogP contribution in [0.2, 0.25) is 0 Å². The minimum atomic E-state index is -4.01. The van der Waals surface area contributed by atoms with Gasteiger partial charge in [0.25, 0.3) is 0 Å². The Balaban J connectivity index is 1.82. The molecular weight excluding hydrogens is 446 g/mol. The fraction of sp³-hybridized carbons (Fsp3) is 0.115. The summed E-state index contributed by atoms with van der Waals surface area (Å²) in [7, 11) is -4.01. The van der Waals surface area contributed by atoms with Crippen LogP contribution in [0.4, 0.5) is 5.82 Å². The first kappa shape index (κ1) is 21.8. The Bertz CT molecular complexity index is 1720. The van der Waals surface area contributed by atoms with Crippen molar-refractivity contribution in [1.29, 1.82) is 0 Å². The molecule has 5 aromatic rings. The van der Waals surface area contributed by atoms with Crippen molar-refractivity contribution < 1.29 is 8.42 Å².